The Balaban J connectivity index is 1.82. The van der Waals surface area contributed by atoms with E-state index in [9.17, 15) is 9.59 Å². The standard InChI is InChI=1S/C20H17N3O3S/c1-26-17-6-4-16(5-7-17)22-20(25)18(11-14-3-2-9-21-12-14)23-19(24)15-8-10-27-13-15/h2-13H,1H3,(H,22,25)(H,23,24)/b18-11-. The van der Waals surface area contributed by atoms with Gasteiger partial charge in [-0.2, -0.15) is 11.3 Å². The normalized spacial score (nSPS) is 10.9. The maximum Gasteiger partial charge on any atom is 0.272 e. The van der Waals surface area contributed by atoms with Crippen LogP contribution in [0.5, 0.6) is 5.75 Å². The molecule has 2 aromatic heterocycles. The summed E-state index contributed by atoms with van der Waals surface area (Å²) < 4.78 is 5.11. The molecule has 1 aromatic carbocycles. The number of carbonyl (C=O) groups is 2. The predicted octanol–water partition coefficient (Wildman–Crippen LogP) is 3.56. The fourth-order valence-corrected chi connectivity index (χ4v) is 2.88. The number of carbonyl (C=O) groups excluding carboxylic acids is 2. The van der Waals surface area contributed by atoms with Crippen LogP contribution < -0.4 is 15.4 Å². The molecule has 2 amide bonds. The molecule has 0 bridgehead atoms. The lowest BCUT2D eigenvalue weighted by atomic mass is 10.2. The van der Waals surface area contributed by atoms with Crippen LogP contribution in [0.2, 0.25) is 0 Å². The Morgan fingerprint density at radius 1 is 1.15 bits per heavy atom. The van der Waals surface area contributed by atoms with Gasteiger partial charge >= 0.3 is 0 Å². The van der Waals surface area contributed by atoms with Crippen molar-refractivity contribution in [3.63, 3.8) is 0 Å². The van der Waals surface area contributed by atoms with E-state index in [1.54, 1.807) is 78.8 Å². The van der Waals surface area contributed by atoms with Gasteiger partial charge in [-0.25, -0.2) is 0 Å². The smallest absolute Gasteiger partial charge is 0.272 e. The Labute approximate surface area is 160 Å². The van der Waals surface area contributed by atoms with Gasteiger partial charge in [-0.3, -0.25) is 14.6 Å². The molecule has 0 unspecified atom stereocenters. The third-order valence-electron chi connectivity index (χ3n) is 3.62. The van der Waals surface area contributed by atoms with Crippen LogP contribution in [0.15, 0.2) is 71.3 Å². The van der Waals surface area contributed by atoms with Crippen molar-refractivity contribution in [3.8, 4) is 5.75 Å². The molecule has 6 nitrogen and oxygen atoms in total. The first-order chi connectivity index (χ1) is 13.2. The molecule has 0 aliphatic carbocycles. The average molecular weight is 379 g/mol. The van der Waals surface area contributed by atoms with Crippen molar-refractivity contribution in [3.05, 3.63) is 82.4 Å². The average Bonchev–Trinajstić information content (AvgIpc) is 3.24. The lowest BCUT2D eigenvalue weighted by molar-refractivity contribution is -0.113. The molecule has 2 heterocycles. The summed E-state index contributed by atoms with van der Waals surface area (Å²) in [5, 5.41) is 8.97. The van der Waals surface area contributed by atoms with Gasteiger partial charge < -0.3 is 15.4 Å². The van der Waals surface area contributed by atoms with Gasteiger partial charge in [0.1, 0.15) is 11.4 Å². The first-order valence-electron chi connectivity index (χ1n) is 8.06. The molecule has 3 rings (SSSR count). The zero-order chi connectivity index (χ0) is 19.1. The van der Waals surface area contributed by atoms with E-state index in [-0.39, 0.29) is 11.6 Å². The van der Waals surface area contributed by atoms with E-state index in [1.807, 2.05) is 0 Å². The third kappa shape index (κ3) is 5.02. The van der Waals surface area contributed by atoms with Crippen molar-refractivity contribution in [2.75, 3.05) is 12.4 Å². The molecule has 0 radical (unpaired) electrons. The van der Waals surface area contributed by atoms with Crippen molar-refractivity contribution >= 4 is 34.9 Å². The molecular weight excluding hydrogens is 362 g/mol. The fraction of sp³-hybridized carbons (Fsp3) is 0.0500. The van der Waals surface area contributed by atoms with Gasteiger partial charge in [-0.05, 0) is 53.4 Å². The lowest BCUT2D eigenvalue weighted by Gasteiger charge is -2.11. The Kier molecular flexibility index (Phi) is 5.96. The van der Waals surface area contributed by atoms with E-state index in [2.05, 4.69) is 15.6 Å². The summed E-state index contributed by atoms with van der Waals surface area (Å²) in [5.74, 6) is -0.103. The molecule has 0 atom stereocenters. The van der Waals surface area contributed by atoms with Crippen molar-refractivity contribution in [2.24, 2.45) is 0 Å². The number of nitrogens with one attached hydrogen (secondary N) is 2. The Hall–Kier alpha value is -3.45. The van der Waals surface area contributed by atoms with E-state index in [1.165, 1.54) is 11.3 Å². The molecule has 0 saturated heterocycles. The molecule has 0 spiro atoms. The zero-order valence-electron chi connectivity index (χ0n) is 14.5. The van der Waals surface area contributed by atoms with Gasteiger partial charge in [-0.15, -0.1) is 0 Å². The van der Waals surface area contributed by atoms with E-state index in [0.29, 0.717) is 22.6 Å². The van der Waals surface area contributed by atoms with Gasteiger partial charge in [-0.1, -0.05) is 6.07 Å². The topological polar surface area (TPSA) is 80.3 Å². The van der Waals surface area contributed by atoms with Crippen LogP contribution in [0.3, 0.4) is 0 Å². The van der Waals surface area contributed by atoms with Crippen molar-refractivity contribution < 1.29 is 14.3 Å². The number of anilines is 1. The second-order valence-electron chi connectivity index (χ2n) is 5.49. The maximum absolute atomic E-state index is 12.7. The van der Waals surface area contributed by atoms with Crippen LogP contribution in [0.1, 0.15) is 15.9 Å². The highest BCUT2D eigenvalue weighted by atomic mass is 32.1. The largest absolute Gasteiger partial charge is 0.497 e. The first-order valence-corrected chi connectivity index (χ1v) is 9.00. The highest BCUT2D eigenvalue weighted by Gasteiger charge is 2.15. The van der Waals surface area contributed by atoms with Crippen LogP contribution in [0.4, 0.5) is 5.69 Å². The number of pyridine rings is 1. The van der Waals surface area contributed by atoms with Crippen LogP contribution in [-0.2, 0) is 4.79 Å². The molecule has 136 valence electrons. The summed E-state index contributed by atoms with van der Waals surface area (Å²) in [6.45, 7) is 0. The first kappa shape index (κ1) is 18.3. The number of nitrogens with zero attached hydrogens (tertiary/aromatic N) is 1. The predicted molar refractivity (Wildman–Crippen MR) is 106 cm³/mol. The lowest BCUT2D eigenvalue weighted by Crippen LogP contribution is -2.30. The number of hydrogen-bond donors (Lipinski definition) is 2. The Morgan fingerprint density at radius 2 is 1.96 bits per heavy atom. The van der Waals surface area contributed by atoms with Crippen molar-refractivity contribution in [2.45, 2.75) is 0 Å². The molecular formula is C20H17N3O3S. The minimum absolute atomic E-state index is 0.120. The number of hydrogen-bond acceptors (Lipinski definition) is 5. The second kappa shape index (κ2) is 8.77. The number of methoxy groups -OCH3 is 1. The van der Waals surface area contributed by atoms with E-state index in [4.69, 9.17) is 4.74 Å². The van der Waals surface area contributed by atoms with Gasteiger partial charge in [0, 0.05) is 23.5 Å². The molecule has 27 heavy (non-hydrogen) atoms. The Bertz CT molecular complexity index is 936. The molecule has 0 fully saturated rings. The number of benzene rings is 1. The number of amides is 2. The van der Waals surface area contributed by atoms with Crippen molar-refractivity contribution in [1.29, 1.82) is 0 Å². The van der Waals surface area contributed by atoms with Gasteiger partial charge in [0.15, 0.2) is 0 Å². The quantitative estimate of drug-likeness (QED) is 0.642. The highest BCUT2D eigenvalue weighted by molar-refractivity contribution is 7.08. The van der Waals surface area contributed by atoms with Crippen molar-refractivity contribution in [1.82, 2.24) is 10.3 Å². The van der Waals surface area contributed by atoms with Gasteiger partial charge in [0.25, 0.3) is 11.8 Å². The van der Waals surface area contributed by atoms with E-state index in [0.717, 1.165) is 0 Å². The molecule has 2 N–H and O–H groups in total. The number of thiophene rings is 1. The van der Waals surface area contributed by atoms with E-state index < -0.39 is 5.91 Å². The van der Waals surface area contributed by atoms with Gasteiger partial charge in [0.2, 0.25) is 0 Å². The third-order valence-corrected chi connectivity index (χ3v) is 4.30. The SMILES string of the molecule is COc1ccc(NC(=O)/C(=C/c2cccnc2)NC(=O)c2ccsc2)cc1. The van der Waals surface area contributed by atoms with Gasteiger partial charge in [0.05, 0.1) is 12.7 Å². The molecule has 7 heteroatoms. The van der Waals surface area contributed by atoms with E-state index >= 15 is 0 Å². The minimum atomic E-state index is -0.437. The Morgan fingerprint density at radius 3 is 2.59 bits per heavy atom. The second-order valence-corrected chi connectivity index (χ2v) is 6.27. The summed E-state index contributed by atoms with van der Waals surface area (Å²) in [7, 11) is 1.57. The zero-order valence-corrected chi connectivity index (χ0v) is 15.3. The van der Waals surface area contributed by atoms with Crippen LogP contribution in [-0.4, -0.2) is 23.9 Å². The minimum Gasteiger partial charge on any atom is -0.497 e. The summed E-state index contributed by atoms with van der Waals surface area (Å²) in [5.41, 5.74) is 1.90. The number of rotatable bonds is 6. The molecule has 0 saturated carbocycles. The fourth-order valence-electron chi connectivity index (χ4n) is 2.25. The summed E-state index contributed by atoms with van der Waals surface area (Å²) in [6, 6.07) is 12.2. The number of ether oxygens (including phenoxy) is 1. The number of aromatic nitrogens is 1. The van der Waals surface area contributed by atoms with Crippen LogP contribution in [0, 0.1) is 0 Å². The molecule has 3 aromatic rings. The highest BCUT2D eigenvalue weighted by Crippen LogP contribution is 2.16. The summed E-state index contributed by atoms with van der Waals surface area (Å²) >= 11 is 1.41. The van der Waals surface area contributed by atoms with Crippen LogP contribution in [0.25, 0.3) is 6.08 Å². The summed E-state index contributed by atoms with van der Waals surface area (Å²) in [6.07, 6.45) is 4.83. The van der Waals surface area contributed by atoms with Crippen LogP contribution >= 0.6 is 11.3 Å². The monoisotopic (exact) mass is 379 g/mol. The molecule has 0 aliphatic rings. The molecule has 0 aliphatic heterocycles. The summed E-state index contributed by atoms with van der Waals surface area (Å²) in [4.78, 5) is 29.2. The maximum atomic E-state index is 12.7.